The van der Waals surface area contributed by atoms with E-state index in [9.17, 15) is 5.11 Å². The average molecular weight is 359 g/mol. The summed E-state index contributed by atoms with van der Waals surface area (Å²) in [5.74, 6) is 0.932. The number of benzene rings is 1. The Labute approximate surface area is 150 Å². The highest BCUT2D eigenvalue weighted by Gasteiger charge is 2.13. The number of hydrogen-bond donors (Lipinski definition) is 3. The third-order valence-corrected chi connectivity index (χ3v) is 4.06. The number of aromatic nitrogens is 4. The van der Waals surface area contributed by atoms with Gasteiger partial charge in [0.25, 0.3) is 0 Å². The van der Waals surface area contributed by atoms with Crippen molar-refractivity contribution >= 4 is 40.2 Å². The van der Waals surface area contributed by atoms with Crippen LogP contribution in [0.3, 0.4) is 0 Å². The molecular weight excluding hydrogens is 340 g/mol. The zero-order valence-electron chi connectivity index (χ0n) is 14.0. The normalized spacial score (nSPS) is 12.2. The van der Waals surface area contributed by atoms with Crippen LogP contribution in [0.25, 0.3) is 11.2 Å². The second-order valence-corrected chi connectivity index (χ2v) is 6.08. The number of hydrogen-bond acceptors (Lipinski definition) is 7. The molecule has 0 saturated heterocycles. The van der Waals surface area contributed by atoms with Crippen LogP contribution in [0.4, 0.5) is 17.5 Å². The molecular formula is C17H19ClN6O. The zero-order valence-corrected chi connectivity index (χ0v) is 14.7. The van der Waals surface area contributed by atoms with Crippen LogP contribution in [0.5, 0.6) is 0 Å². The van der Waals surface area contributed by atoms with Crippen LogP contribution in [0, 0.1) is 6.92 Å². The molecule has 1 atom stereocenters. The standard InChI is InChI=1S/C17H19ClN6O/c1-3-12(9-25)21-17-23-15-14(19-6-7-20-15)16(24-17)22-13-5-4-11(18)8-10(13)2/h4-8,12,25H,3,9H2,1-2H3,(H2,20,21,22,23,24). The van der Waals surface area contributed by atoms with Crippen molar-refractivity contribution in [2.75, 3.05) is 17.2 Å². The third kappa shape index (κ3) is 3.94. The summed E-state index contributed by atoms with van der Waals surface area (Å²) in [7, 11) is 0. The van der Waals surface area contributed by atoms with Crippen LogP contribution in [-0.2, 0) is 0 Å². The van der Waals surface area contributed by atoms with E-state index in [1.54, 1.807) is 12.4 Å². The van der Waals surface area contributed by atoms with E-state index in [0.29, 0.717) is 28.0 Å². The molecule has 8 heteroatoms. The van der Waals surface area contributed by atoms with Crippen molar-refractivity contribution in [2.45, 2.75) is 26.3 Å². The van der Waals surface area contributed by atoms with Gasteiger partial charge < -0.3 is 15.7 Å². The van der Waals surface area contributed by atoms with Crippen molar-refractivity contribution in [2.24, 2.45) is 0 Å². The number of halogens is 1. The molecule has 0 radical (unpaired) electrons. The van der Waals surface area contributed by atoms with Gasteiger partial charge in [0.2, 0.25) is 5.95 Å². The van der Waals surface area contributed by atoms with Gasteiger partial charge in [0.05, 0.1) is 12.6 Å². The lowest BCUT2D eigenvalue weighted by Crippen LogP contribution is -2.24. The van der Waals surface area contributed by atoms with Crippen molar-refractivity contribution in [1.29, 1.82) is 0 Å². The number of nitrogens with one attached hydrogen (secondary N) is 2. The van der Waals surface area contributed by atoms with Gasteiger partial charge in [-0.1, -0.05) is 18.5 Å². The Morgan fingerprint density at radius 2 is 2.00 bits per heavy atom. The minimum Gasteiger partial charge on any atom is -0.394 e. The monoisotopic (exact) mass is 358 g/mol. The molecule has 130 valence electrons. The molecule has 25 heavy (non-hydrogen) atoms. The van der Waals surface area contributed by atoms with Gasteiger partial charge in [-0.05, 0) is 37.1 Å². The average Bonchev–Trinajstić information content (AvgIpc) is 2.62. The van der Waals surface area contributed by atoms with Crippen molar-refractivity contribution in [1.82, 2.24) is 19.9 Å². The first kappa shape index (κ1) is 17.3. The Morgan fingerprint density at radius 3 is 2.72 bits per heavy atom. The molecule has 1 unspecified atom stereocenters. The summed E-state index contributed by atoms with van der Waals surface area (Å²) in [6.45, 7) is 3.93. The highest BCUT2D eigenvalue weighted by Crippen LogP contribution is 2.26. The second kappa shape index (κ2) is 7.58. The quantitative estimate of drug-likeness (QED) is 0.622. The Balaban J connectivity index is 2.02. The molecule has 0 amide bonds. The predicted octanol–water partition coefficient (Wildman–Crippen LogP) is 3.31. The molecule has 0 aliphatic heterocycles. The van der Waals surface area contributed by atoms with Crippen LogP contribution in [0.15, 0.2) is 30.6 Å². The molecule has 0 aliphatic carbocycles. The number of aliphatic hydroxyl groups is 1. The number of aryl methyl sites for hydroxylation is 1. The first-order chi connectivity index (χ1) is 12.1. The summed E-state index contributed by atoms with van der Waals surface area (Å²) in [5, 5.41) is 16.5. The number of anilines is 3. The summed E-state index contributed by atoms with van der Waals surface area (Å²) in [6, 6.07) is 5.44. The maximum absolute atomic E-state index is 9.39. The molecule has 0 bridgehead atoms. The maximum Gasteiger partial charge on any atom is 0.227 e. The van der Waals surface area contributed by atoms with Gasteiger partial charge in [-0.15, -0.1) is 0 Å². The summed E-state index contributed by atoms with van der Waals surface area (Å²) in [6.07, 6.45) is 3.93. The highest BCUT2D eigenvalue weighted by molar-refractivity contribution is 6.30. The number of aliphatic hydroxyl groups excluding tert-OH is 1. The van der Waals surface area contributed by atoms with Crippen molar-refractivity contribution in [3.63, 3.8) is 0 Å². The number of nitrogens with zero attached hydrogens (tertiary/aromatic N) is 4. The molecule has 0 aliphatic rings. The lowest BCUT2D eigenvalue weighted by atomic mass is 10.2. The van der Waals surface area contributed by atoms with E-state index in [-0.39, 0.29) is 12.6 Å². The fourth-order valence-electron chi connectivity index (χ4n) is 2.37. The molecule has 3 aromatic rings. The Bertz CT molecular complexity index is 884. The van der Waals surface area contributed by atoms with Gasteiger partial charge in [-0.2, -0.15) is 9.97 Å². The highest BCUT2D eigenvalue weighted by atomic mass is 35.5. The van der Waals surface area contributed by atoms with Crippen LogP contribution < -0.4 is 10.6 Å². The van der Waals surface area contributed by atoms with Crippen molar-refractivity contribution in [3.05, 3.63) is 41.2 Å². The number of fused-ring (bicyclic) bond motifs is 1. The van der Waals surface area contributed by atoms with Gasteiger partial charge in [-0.3, -0.25) is 0 Å². The molecule has 0 spiro atoms. The third-order valence-electron chi connectivity index (χ3n) is 3.82. The lowest BCUT2D eigenvalue weighted by molar-refractivity contribution is 0.271. The first-order valence-electron chi connectivity index (χ1n) is 8.00. The van der Waals surface area contributed by atoms with Crippen LogP contribution in [0.1, 0.15) is 18.9 Å². The molecule has 2 aromatic heterocycles. The number of rotatable bonds is 6. The molecule has 7 nitrogen and oxygen atoms in total. The molecule has 1 aromatic carbocycles. The van der Waals surface area contributed by atoms with Crippen molar-refractivity contribution < 1.29 is 5.11 Å². The van der Waals surface area contributed by atoms with E-state index >= 15 is 0 Å². The predicted molar refractivity (Wildman–Crippen MR) is 99.4 cm³/mol. The minimum atomic E-state index is -0.126. The van der Waals surface area contributed by atoms with Crippen LogP contribution >= 0.6 is 11.6 Å². The smallest absolute Gasteiger partial charge is 0.227 e. The fraction of sp³-hybridized carbons (Fsp3) is 0.294. The van der Waals surface area contributed by atoms with Gasteiger partial charge >= 0.3 is 0 Å². The maximum atomic E-state index is 9.39. The van der Waals surface area contributed by atoms with Gasteiger partial charge in [0.15, 0.2) is 17.0 Å². The fourth-order valence-corrected chi connectivity index (χ4v) is 2.60. The molecule has 0 fully saturated rings. The van der Waals surface area contributed by atoms with E-state index in [2.05, 4.69) is 30.6 Å². The van der Waals surface area contributed by atoms with Gasteiger partial charge in [0, 0.05) is 23.1 Å². The molecule has 0 saturated carbocycles. The van der Waals surface area contributed by atoms with E-state index in [4.69, 9.17) is 11.6 Å². The van der Waals surface area contributed by atoms with Crippen molar-refractivity contribution in [3.8, 4) is 0 Å². The van der Waals surface area contributed by atoms with Gasteiger partial charge in [-0.25, -0.2) is 9.97 Å². The molecule has 3 N–H and O–H groups in total. The topological polar surface area (TPSA) is 95.8 Å². The van der Waals surface area contributed by atoms with Crippen LogP contribution in [0.2, 0.25) is 5.02 Å². The largest absolute Gasteiger partial charge is 0.394 e. The summed E-state index contributed by atoms with van der Waals surface area (Å²) in [4.78, 5) is 17.5. The van der Waals surface area contributed by atoms with E-state index in [1.807, 2.05) is 32.0 Å². The molecule has 2 heterocycles. The van der Waals surface area contributed by atoms with Gasteiger partial charge in [0.1, 0.15) is 0 Å². The zero-order chi connectivity index (χ0) is 17.8. The van der Waals surface area contributed by atoms with E-state index < -0.39 is 0 Å². The SMILES string of the molecule is CCC(CO)Nc1nc(Nc2ccc(Cl)cc2C)c2nccnc2n1. The van der Waals surface area contributed by atoms with E-state index in [0.717, 1.165) is 17.7 Å². The molecule has 3 rings (SSSR count). The second-order valence-electron chi connectivity index (χ2n) is 5.64. The van der Waals surface area contributed by atoms with E-state index in [1.165, 1.54) is 0 Å². The van der Waals surface area contributed by atoms with Crippen LogP contribution in [-0.4, -0.2) is 37.7 Å². The summed E-state index contributed by atoms with van der Waals surface area (Å²) >= 11 is 6.02. The Morgan fingerprint density at radius 1 is 1.20 bits per heavy atom. The Kier molecular flexibility index (Phi) is 5.25. The summed E-state index contributed by atoms with van der Waals surface area (Å²) < 4.78 is 0. The minimum absolute atomic E-state index is 0.00256. The lowest BCUT2D eigenvalue weighted by Gasteiger charge is -2.16. The Hall–Kier alpha value is -2.51. The first-order valence-corrected chi connectivity index (χ1v) is 8.37. The summed E-state index contributed by atoms with van der Waals surface area (Å²) in [5.41, 5.74) is 2.90.